The summed E-state index contributed by atoms with van der Waals surface area (Å²) in [5, 5.41) is 9.85. The maximum atomic E-state index is 12.3. The highest BCUT2D eigenvalue weighted by atomic mass is 79.9. The number of ether oxygens (including phenoxy) is 2. The molecule has 3 rings (SSSR count). The van der Waals surface area contributed by atoms with Crippen LogP contribution in [0, 0.1) is 0 Å². The second-order valence-electron chi connectivity index (χ2n) is 7.27. The van der Waals surface area contributed by atoms with E-state index in [1.54, 1.807) is 61.5 Å². The quantitative estimate of drug-likeness (QED) is 0.174. The van der Waals surface area contributed by atoms with E-state index in [-0.39, 0.29) is 12.5 Å². The fraction of sp³-hybridized carbons (Fsp3) is 0.120. The van der Waals surface area contributed by atoms with Gasteiger partial charge in [-0.15, -0.1) is 0 Å². The highest BCUT2D eigenvalue weighted by Crippen LogP contribution is 2.36. The third-order valence-electron chi connectivity index (χ3n) is 4.46. The lowest BCUT2D eigenvalue weighted by atomic mass is 10.2. The number of carbonyl (C=O) groups excluding carboxylic acids is 3. The summed E-state index contributed by atoms with van der Waals surface area (Å²) in [6.45, 7) is 1.85. The van der Waals surface area contributed by atoms with Crippen molar-refractivity contribution in [3.8, 4) is 11.5 Å². The monoisotopic (exact) mass is 606 g/mol. The van der Waals surface area contributed by atoms with Crippen molar-refractivity contribution >= 4 is 74.4 Å². The van der Waals surface area contributed by atoms with Crippen LogP contribution in [0.15, 0.2) is 70.2 Å². The van der Waals surface area contributed by atoms with Gasteiger partial charge in [-0.25, -0.2) is 5.43 Å². The molecule has 192 valence electrons. The van der Waals surface area contributed by atoms with Crippen LogP contribution in [0.2, 0.25) is 10.0 Å². The second kappa shape index (κ2) is 13.6. The van der Waals surface area contributed by atoms with Gasteiger partial charge in [-0.2, -0.15) is 5.10 Å². The molecule has 3 N–H and O–H groups in total. The normalized spacial score (nSPS) is 10.6. The minimum Gasteiger partial charge on any atom is -0.490 e. The molecule has 0 aliphatic rings. The molecule has 3 amide bonds. The Morgan fingerprint density at radius 2 is 1.57 bits per heavy atom. The first-order valence-corrected chi connectivity index (χ1v) is 12.3. The summed E-state index contributed by atoms with van der Waals surface area (Å²) in [6, 6.07) is 16.4. The standard InChI is InChI=1S/C25H21BrCl2N4O5/c1-2-36-21-10-15(13-29-32-25(35)24(34)31-19-8-4-6-17(28)12-19)9-20(26)23(21)37-14-22(33)30-18-7-3-5-16(27)11-18/h3-13H,2,14H2,1H3,(H,30,33)(H,31,34)(H,32,35)/b29-13-. The molecule has 0 aliphatic heterocycles. The van der Waals surface area contributed by atoms with Gasteiger partial charge in [-0.1, -0.05) is 35.3 Å². The number of hydrazone groups is 1. The predicted molar refractivity (Wildman–Crippen MR) is 147 cm³/mol. The highest BCUT2D eigenvalue weighted by Gasteiger charge is 2.15. The minimum absolute atomic E-state index is 0.281. The zero-order chi connectivity index (χ0) is 26.8. The van der Waals surface area contributed by atoms with Crippen molar-refractivity contribution in [3.63, 3.8) is 0 Å². The Morgan fingerprint density at radius 3 is 2.19 bits per heavy atom. The van der Waals surface area contributed by atoms with Crippen molar-refractivity contribution in [3.05, 3.63) is 80.7 Å². The Bertz CT molecular complexity index is 1340. The van der Waals surface area contributed by atoms with Crippen LogP contribution in [0.4, 0.5) is 11.4 Å². The van der Waals surface area contributed by atoms with Crippen molar-refractivity contribution in [2.75, 3.05) is 23.8 Å². The number of halogens is 3. The van der Waals surface area contributed by atoms with E-state index in [4.69, 9.17) is 32.7 Å². The molecule has 0 saturated carbocycles. The fourth-order valence-electron chi connectivity index (χ4n) is 2.94. The van der Waals surface area contributed by atoms with Gasteiger partial charge in [0.05, 0.1) is 17.3 Å². The Hall–Kier alpha value is -3.60. The lowest BCUT2D eigenvalue weighted by molar-refractivity contribution is -0.136. The molecule has 0 unspecified atom stereocenters. The molecule has 3 aromatic rings. The summed E-state index contributed by atoms with van der Waals surface area (Å²) in [7, 11) is 0. The van der Waals surface area contributed by atoms with Gasteiger partial charge < -0.3 is 20.1 Å². The maximum Gasteiger partial charge on any atom is 0.329 e. The molecule has 0 radical (unpaired) electrons. The van der Waals surface area contributed by atoms with E-state index in [9.17, 15) is 14.4 Å². The van der Waals surface area contributed by atoms with Gasteiger partial charge in [-0.3, -0.25) is 14.4 Å². The smallest absolute Gasteiger partial charge is 0.329 e. The van der Waals surface area contributed by atoms with E-state index >= 15 is 0 Å². The first-order chi connectivity index (χ1) is 17.7. The van der Waals surface area contributed by atoms with Gasteiger partial charge in [0.25, 0.3) is 5.91 Å². The van der Waals surface area contributed by atoms with Crippen LogP contribution >= 0.6 is 39.1 Å². The molecule has 3 aromatic carbocycles. The van der Waals surface area contributed by atoms with Gasteiger partial charge >= 0.3 is 11.8 Å². The van der Waals surface area contributed by atoms with E-state index in [0.29, 0.717) is 49.6 Å². The van der Waals surface area contributed by atoms with E-state index < -0.39 is 11.8 Å². The Balaban J connectivity index is 1.61. The molecule has 0 bridgehead atoms. The van der Waals surface area contributed by atoms with Crippen molar-refractivity contribution in [2.45, 2.75) is 6.92 Å². The largest absolute Gasteiger partial charge is 0.490 e. The van der Waals surface area contributed by atoms with Gasteiger partial charge in [0.1, 0.15) is 0 Å². The van der Waals surface area contributed by atoms with Gasteiger partial charge in [0, 0.05) is 21.4 Å². The molecular weight excluding hydrogens is 587 g/mol. The summed E-state index contributed by atoms with van der Waals surface area (Å²) >= 11 is 15.2. The Labute approximate surface area is 231 Å². The first kappa shape index (κ1) is 28.0. The maximum absolute atomic E-state index is 12.3. The van der Waals surface area contributed by atoms with Crippen LogP contribution in [-0.2, 0) is 14.4 Å². The van der Waals surface area contributed by atoms with Crippen LogP contribution < -0.4 is 25.5 Å². The summed E-state index contributed by atoms with van der Waals surface area (Å²) in [6.07, 6.45) is 1.33. The molecule has 0 fully saturated rings. The lowest BCUT2D eigenvalue weighted by Crippen LogP contribution is -2.32. The zero-order valence-corrected chi connectivity index (χ0v) is 22.5. The number of rotatable bonds is 9. The van der Waals surface area contributed by atoms with E-state index in [1.165, 1.54) is 12.3 Å². The number of hydrogen-bond donors (Lipinski definition) is 3. The number of hydrogen-bond acceptors (Lipinski definition) is 6. The molecule has 0 aromatic heterocycles. The number of carbonyl (C=O) groups is 3. The average molecular weight is 608 g/mol. The summed E-state index contributed by atoms with van der Waals surface area (Å²) in [5.74, 6) is -1.61. The number of nitrogens with zero attached hydrogens (tertiary/aromatic N) is 1. The Morgan fingerprint density at radius 1 is 0.919 bits per heavy atom. The van der Waals surface area contributed by atoms with Crippen molar-refractivity contribution in [1.82, 2.24) is 5.43 Å². The summed E-state index contributed by atoms with van der Waals surface area (Å²) < 4.78 is 11.8. The first-order valence-electron chi connectivity index (χ1n) is 10.8. The van der Waals surface area contributed by atoms with Crippen LogP contribution in [0.1, 0.15) is 12.5 Å². The van der Waals surface area contributed by atoms with Crippen molar-refractivity contribution < 1.29 is 23.9 Å². The summed E-state index contributed by atoms with van der Waals surface area (Å²) in [4.78, 5) is 36.4. The molecule has 0 aliphatic carbocycles. The molecule has 0 atom stereocenters. The van der Waals surface area contributed by atoms with Gasteiger partial charge in [0.15, 0.2) is 18.1 Å². The van der Waals surface area contributed by atoms with Crippen LogP contribution in [0.25, 0.3) is 0 Å². The minimum atomic E-state index is -0.967. The Kier molecular flexibility index (Phi) is 10.3. The molecule has 0 saturated heterocycles. The number of anilines is 2. The molecular formula is C25H21BrCl2N4O5. The lowest BCUT2D eigenvalue weighted by Gasteiger charge is -2.14. The topological polar surface area (TPSA) is 118 Å². The fourth-order valence-corrected chi connectivity index (χ4v) is 3.89. The number of nitrogens with one attached hydrogen (secondary N) is 3. The van der Waals surface area contributed by atoms with Gasteiger partial charge in [0.2, 0.25) is 0 Å². The van der Waals surface area contributed by atoms with E-state index in [1.807, 2.05) is 0 Å². The zero-order valence-electron chi connectivity index (χ0n) is 19.4. The van der Waals surface area contributed by atoms with Crippen molar-refractivity contribution in [2.24, 2.45) is 5.10 Å². The van der Waals surface area contributed by atoms with E-state index in [2.05, 4.69) is 37.1 Å². The molecule has 12 heteroatoms. The summed E-state index contributed by atoms with van der Waals surface area (Å²) in [5.41, 5.74) is 3.60. The van der Waals surface area contributed by atoms with Gasteiger partial charge in [-0.05, 0) is 76.9 Å². The van der Waals surface area contributed by atoms with Crippen molar-refractivity contribution in [1.29, 1.82) is 0 Å². The van der Waals surface area contributed by atoms with Crippen LogP contribution in [0.3, 0.4) is 0 Å². The SMILES string of the molecule is CCOc1cc(/C=N\NC(=O)C(=O)Nc2cccc(Cl)c2)cc(Br)c1OCC(=O)Nc1cccc(Cl)c1. The molecule has 37 heavy (non-hydrogen) atoms. The number of benzene rings is 3. The molecule has 0 spiro atoms. The highest BCUT2D eigenvalue weighted by molar-refractivity contribution is 9.10. The van der Waals surface area contributed by atoms with Crippen LogP contribution in [0.5, 0.6) is 11.5 Å². The number of amides is 3. The predicted octanol–water partition coefficient (Wildman–Crippen LogP) is 5.26. The third kappa shape index (κ3) is 8.78. The van der Waals surface area contributed by atoms with Crippen LogP contribution in [-0.4, -0.2) is 37.1 Å². The average Bonchev–Trinajstić information content (AvgIpc) is 2.83. The third-order valence-corrected chi connectivity index (χ3v) is 5.52. The molecule has 0 heterocycles. The second-order valence-corrected chi connectivity index (χ2v) is 9.00. The van der Waals surface area contributed by atoms with E-state index in [0.717, 1.165) is 0 Å². The molecule has 9 nitrogen and oxygen atoms in total.